The molecule has 2 aromatic rings. The quantitative estimate of drug-likeness (QED) is 0.868. The van der Waals surface area contributed by atoms with Gasteiger partial charge in [-0.25, -0.2) is 0 Å². The van der Waals surface area contributed by atoms with Gasteiger partial charge in [-0.05, 0) is 32.9 Å². The fourth-order valence-electron chi connectivity index (χ4n) is 1.67. The van der Waals surface area contributed by atoms with Crippen LogP contribution in [-0.4, -0.2) is 21.7 Å². The van der Waals surface area contributed by atoms with Crippen molar-refractivity contribution in [3.05, 3.63) is 42.1 Å². The van der Waals surface area contributed by atoms with Crippen molar-refractivity contribution in [2.75, 3.05) is 0 Å². The van der Waals surface area contributed by atoms with E-state index in [0.29, 0.717) is 6.54 Å². The smallest absolute Gasteiger partial charge is 0.0705 e. The molecule has 0 fully saturated rings. The van der Waals surface area contributed by atoms with E-state index in [4.69, 9.17) is 0 Å². The summed E-state index contributed by atoms with van der Waals surface area (Å²) in [6.45, 7) is 6.42. The molecule has 0 radical (unpaired) electrons. The van der Waals surface area contributed by atoms with Crippen molar-refractivity contribution < 1.29 is 5.11 Å². The fourth-order valence-corrected chi connectivity index (χ4v) is 1.67. The molecule has 1 heterocycles. The molecular formula is C15H20N2O. The third-order valence-electron chi connectivity index (χ3n) is 3.43. The standard InChI is InChI=1S/C15H20N2O/c1-11(18)15(2,3)16-10-13-9-8-12-6-4-5-7-14(12)17-13/h4-9,11,16,18H,10H2,1-3H3. The van der Waals surface area contributed by atoms with Crippen molar-refractivity contribution in [2.45, 2.75) is 39.0 Å². The number of benzene rings is 1. The summed E-state index contributed by atoms with van der Waals surface area (Å²) >= 11 is 0. The summed E-state index contributed by atoms with van der Waals surface area (Å²) in [6.07, 6.45) is -0.405. The van der Waals surface area contributed by atoms with Crippen molar-refractivity contribution in [1.82, 2.24) is 10.3 Å². The van der Waals surface area contributed by atoms with Crippen LogP contribution < -0.4 is 5.32 Å². The first-order valence-electron chi connectivity index (χ1n) is 6.27. The maximum absolute atomic E-state index is 9.65. The number of aliphatic hydroxyl groups is 1. The van der Waals surface area contributed by atoms with Crippen LogP contribution in [0.25, 0.3) is 10.9 Å². The number of hydrogen-bond acceptors (Lipinski definition) is 3. The molecule has 3 heteroatoms. The molecule has 2 rings (SSSR count). The lowest BCUT2D eigenvalue weighted by molar-refractivity contribution is 0.0954. The zero-order valence-electron chi connectivity index (χ0n) is 11.1. The highest BCUT2D eigenvalue weighted by Gasteiger charge is 2.22. The Kier molecular flexibility index (Phi) is 3.64. The lowest BCUT2D eigenvalue weighted by atomic mass is 9.99. The number of hydrogen-bond donors (Lipinski definition) is 2. The Hall–Kier alpha value is -1.45. The van der Waals surface area contributed by atoms with Crippen LogP contribution in [0.5, 0.6) is 0 Å². The molecule has 0 aliphatic carbocycles. The molecule has 1 atom stereocenters. The number of aliphatic hydroxyl groups excluding tert-OH is 1. The maximum atomic E-state index is 9.65. The number of aromatic nitrogens is 1. The SMILES string of the molecule is CC(O)C(C)(C)NCc1ccc2ccccc2n1. The fraction of sp³-hybridized carbons (Fsp3) is 0.400. The summed E-state index contributed by atoms with van der Waals surface area (Å²) < 4.78 is 0. The van der Waals surface area contributed by atoms with E-state index < -0.39 is 6.10 Å². The van der Waals surface area contributed by atoms with Crippen LogP contribution in [0, 0.1) is 0 Å². The number of nitrogens with one attached hydrogen (secondary N) is 1. The molecular weight excluding hydrogens is 224 g/mol. The molecule has 0 amide bonds. The van der Waals surface area contributed by atoms with Gasteiger partial charge in [-0.2, -0.15) is 0 Å². The van der Waals surface area contributed by atoms with Gasteiger partial charge in [-0.3, -0.25) is 4.98 Å². The summed E-state index contributed by atoms with van der Waals surface area (Å²) in [5, 5.41) is 14.1. The Morgan fingerprint density at radius 1 is 1.22 bits per heavy atom. The van der Waals surface area contributed by atoms with Gasteiger partial charge in [0, 0.05) is 17.5 Å². The number of pyridine rings is 1. The van der Waals surface area contributed by atoms with E-state index in [1.165, 1.54) is 0 Å². The van der Waals surface area contributed by atoms with Crippen LogP contribution in [0.3, 0.4) is 0 Å². The van der Waals surface area contributed by atoms with Crippen molar-refractivity contribution in [1.29, 1.82) is 0 Å². The average molecular weight is 244 g/mol. The normalized spacial score (nSPS) is 13.8. The van der Waals surface area contributed by atoms with Gasteiger partial charge in [0.1, 0.15) is 0 Å². The summed E-state index contributed by atoms with van der Waals surface area (Å²) in [7, 11) is 0. The first-order chi connectivity index (χ1) is 8.49. The molecule has 0 saturated heterocycles. The van der Waals surface area contributed by atoms with Crippen LogP contribution in [0.4, 0.5) is 0 Å². The second-order valence-electron chi connectivity index (χ2n) is 5.25. The van der Waals surface area contributed by atoms with Crippen LogP contribution in [0.2, 0.25) is 0 Å². The highest BCUT2D eigenvalue weighted by atomic mass is 16.3. The average Bonchev–Trinajstić information content (AvgIpc) is 2.36. The van der Waals surface area contributed by atoms with Crippen LogP contribution in [0.15, 0.2) is 36.4 Å². The van der Waals surface area contributed by atoms with Crippen LogP contribution in [0.1, 0.15) is 26.5 Å². The van der Waals surface area contributed by atoms with Gasteiger partial charge >= 0.3 is 0 Å². The number of rotatable bonds is 4. The minimum Gasteiger partial charge on any atom is -0.392 e. The van der Waals surface area contributed by atoms with Crippen LogP contribution in [-0.2, 0) is 6.54 Å². The van der Waals surface area contributed by atoms with Gasteiger partial charge in [0.05, 0.1) is 17.3 Å². The summed E-state index contributed by atoms with van der Waals surface area (Å²) in [6, 6.07) is 12.2. The number of nitrogens with zero attached hydrogens (tertiary/aromatic N) is 1. The van der Waals surface area contributed by atoms with E-state index in [1.54, 1.807) is 6.92 Å². The van der Waals surface area contributed by atoms with Gasteiger partial charge in [-0.15, -0.1) is 0 Å². The molecule has 1 aromatic heterocycles. The molecule has 18 heavy (non-hydrogen) atoms. The summed E-state index contributed by atoms with van der Waals surface area (Å²) in [5.41, 5.74) is 1.68. The molecule has 96 valence electrons. The molecule has 2 N–H and O–H groups in total. The molecule has 0 aliphatic rings. The number of para-hydroxylation sites is 1. The Morgan fingerprint density at radius 2 is 1.94 bits per heavy atom. The highest BCUT2D eigenvalue weighted by molar-refractivity contribution is 5.78. The maximum Gasteiger partial charge on any atom is 0.0705 e. The molecule has 1 aromatic carbocycles. The third kappa shape index (κ3) is 2.86. The van der Waals surface area contributed by atoms with E-state index in [9.17, 15) is 5.11 Å². The Balaban J connectivity index is 2.13. The van der Waals surface area contributed by atoms with E-state index in [2.05, 4.69) is 22.4 Å². The van der Waals surface area contributed by atoms with Crippen molar-refractivity contribution in [2.24, 2.45) is 0 Å². The second kappa shape index (κ2) is 5.04. The summed E-state index contributed by atoms with van der Waals surface area (Å²) in [4.78, 5) is 4.59. The van der Waals surface area contributed by atoms with Gasteiger partial charge in [0.15, 0.2) is 0 Å². The van der Waals surface area contributed by atoms with E-state index in [-0.39, 0.29) is 5.54 Å². The first kappa shape index (κ1) is 13.0. The monoisotopic (exact) mass is 244 g/mol. The van der Waals surface area contributed by atoms with E-state index in [1.807, 2.05) is 38.1 Å². The zero-order valence-corrected chi connectivity index (χ0v) is 11.1. The molecule has 0 spiro atoms. The lowest BCUT2D eigenvalue weighted by Crippen LogP contribution is -2.47. The van der Waals surface area contributed by atoms with Gasteiger partial charge < -0.3 is 10.4 Å². The van der Waals surface area contributed by atoms with Crippen LogP contribution >= 0.6 is 0 Å². The summed E-state index contributed by atoms with van der Waals surface area (Å²) in [5.74, 6) is 0. The van der Waals surface area contributed by atoms with Gasteiger partial charge in [0.25, 0.3) is 0 Å². The zero-order chi connectivity index (χ0) is 13.2. The Bertz CT molecular complexity index is 535. The predicted octanol–water partition coefficient (Wildman–Crippen LogP) is 2.48. The van der Waals surface area contributed by atoms with E-state index >= 15 is 0 Å². The van der Waals surface area contributed by atoms with E-state index in [0.717, 1.165) is 16.6 Å². The lowest BCUT2D eigenvalue weighted by Gasteiger charge is -2.29. The largest absolute Gasteiger partial charge is 0.392 e. The molecule has 0 bridgehead atoms. The topological polar surface area (TPSA) is 45.1 Å². The minimum atomic E-state index is -0.405. The molecule has 3 nitrogen and oxygen atoms in total. The molecule has 0 aliphatic heterocycles. The van der Waals surface area contributed by atoms with Crippen molar-refractivity contribution in [3.63, 3.8) is 0 Å². The molecule has 0 saturated carbocycles. The Labute approximate surface area is 108 Å². The van der Waals surface area contributed by atoms with Crippen molar-refractivity contribution in [3.8, 4) is 0 Å². The first-order valence-corrected chi connectivity index (χ1v) is 6.27. The minimum absolute atomic E-state index is 0.312. The number of fused-ring (bicyclic) bond motifs is 1. The molecule has 1 unspecified atom stereocenters. The van der Waals surface area contributed by atoms with Crippen molar-refractivity contribution >= 4 is 10.9 Å². The van der Waals surface area contributed by atoms with Gasteiger partial charge in [-0.1, -0.05) is 24.3 Å². The highest BCUT2D eigenvalue weighted by Crippen LogP contribution is 2.13. The second-order valence-corrected chi connectivity index (χ2v) is 5.25. The van der Waals surface area contributed by atoms with Gasteiger partial charge in [0.2, 0.25) is 0 Å². The predicted molar refractivity (Wildman–Crippen MR) is 74.3 cm³/mol. The Morgan fingerprint density at radius 3 is 2.67 bits per heavy atom. The third-order valence-corrected chi connectivity index (χ3v) is 3.43.